The van der Waals surface area contributed by atoms with Gasteiger partial charge in [-0.3, -0.25) is 4.79 Å². The summed E-state index contributed by atoms with van der Waals surface area (Å²) in [6.07, 6.45) is 5.38. The van der Waals surface area contributed by atoms with Crippen molar-refractivity contribution in [3.63, 3.8) is 0 Å². The number of Topliss-reactive ketones (excluding diaryl/α,β-unsaturated/α-hetero) is 1. The fraction of sp³-hybridized carbons (Fsp3) is 0.857. The van der Waals surface area contributed by atoms with Crippen molar-refractivity contribution in [3.8, 4) is 0 Å². The average Bonchev–Trinajstić information content (AvgIpc) is 2.49. The molecule has 0 aliphatic rings. The molecular weight excluding hydrogens is 312 g/mol. The Morgan fingerprint density at radius 1 is 0.958 bits per heavy atom. The molecular formula is C21H42O2Si. The normalized spacial score (nSPS) is 15.1. The lowest BCUT2D eigenvalue weighted by Crippen LogP contribution is -2.48. The van der Waals surface area contributed by atoms with E-state index in [0.29, 0.717) is 34.7 Å². The fourth-order valence-electron chi connectivity index (χ4n) is 4.03. The maximum absolute atomic E-state index is 12.2. The van der Waals surface area contributed by atoms with Gasteiger partial charge in [0, 0.05) is 18.9 Å². The predicted octanol–water partition coefficient (Wildman–Crippen LogP) is 6.77. The second-order valence-electron chi connectivity index (χ2n) is 8.51. The molecule has 0 aromatic carbocycles. The van der Waals surface area contributed by atoms with Gasteiger partial charge in [0.15, 0.2) is 8.32 Å². The molecule has 0 aliphatic carbocycles. The third kappa shape index (κ3) is 6.83. The molecule has 0 aromatic rings. The Balaban J connectivity index is 4.52. The molecule has 0 fully saturated rings. The van der Waals surface area contributed by atoms with Gasteiger partial charge in [0.25, 0.3) is 0 Å². The predicted molar refractivity (Wildman–Crippen MR) is 109 cm³/mol. The Bertz CT molecular complexity index is 352. The van der Waals surface area contributed by atoms with E-state index in [1.165, 1.54) is 0 Å². The van der Waals surface area contributed by atoms with Gasteiger partial charge in [-0.1, -0.05) is 61.5 Å². The second-order valence-corrected chi connectivity index (χ2v) is 14.0. The number of carbonyl (C=O) groups excluding carboxylic acids is 1. The minimum atomic E-state index is -1.78. The van der Waals surface area contributed by atoms with Gasteiger partial charge in [-0.25, -0.2) is 0 Å². The zero-order chi connectivity index (χ0) is 18.9. The minimum absolute atomic E-state index is 0.159. The maximum Gasteiger partial charge on any atom is 0.200 e. The lowest BCUT2D eigenvalue weighted by Gasteiger charge is -2.42. The highest BCUT2D eigenvalue weighted by Crippen LogP contribution is 2.42. The van der Waals surface area contributed by atoms with Crippen LogP contribution >= 0.6 is 0 Å². The van der Waals surface area contributed by atoms with Crippen LogP contribution in [-0.4, -0.2) is 20.7 Å². The van der Waals surface area contributed by atoms with Gasteiger partial charge in [0.05, 0.1) is 0 Å². The number of allylic oxidation sites excluding steroid dienone is 1. The SMILES string of the molecule is C=CCC[C@H](C)C(=O)CC[C@H](C)CO[Si](C(C)C)(C(C)C)C(C)C. The van der Waals surface area contributed by atoms with Crippen molar-refractivity contribution in [2.45, 2.75) is 97.7 Å². The van der Waals surface area contributed by atoms with Crippen molar-refractivity contribution in [3.05, 3.63) is 12.7 Å². The van der Waals surface area contributed by atoms with E-state index in [1.54, 1.807) is 0 Å². The number of carbonyl (C=O) groups is 1. The smallest absolute Gasteiger partial charge is 0.200 e. The quantitative estimate of drug-likeness (QED) is 0.269. The Kier molecular flexibility index (Phi) is 11.1. The first-order chi connectivity index (χ1) is 11.1. The molecule has 2 nitrogen and oxygen atoms in total. The van der Waals surface area contributed by atoms with Crippen molar-refractivity contribution in [1.82, 2.24) is 0 Å². The first kappa shape index (κ1) is 23.6. The van der Waals surface area contributed by atoms with Crippen LogP contribution in [0.3, 0.4) is 0 Å². The summed E-state index contributed by atoms with van der Waals surface area (Å²) in [6.45, 7) is 22.7. The highest BCUT2D eigenvalue weighted by molar-refractivity contribution is 6.77. The van der Waals surface area contributed by atoms with E-state index >= 15 is 0 Å². The summed E-state index contributed by atoms with van der Waals surface area (Å²) in [7, 11) is -1.78. The number of hydrogen-bond acceptors (Lipinski definition) is 2. The molecule has 0 N–H and O–H groups in total. The molecule has 0 heterocycles. The lowest BCUT2D eigenvalue weighted by molar-refractivity contribution is -0.122. The molecule has 0 rings (SSSR count). The summed E-state index contributed by atoms with van der Waals surface area (Å²) < 4.78 is 6.65. The third-order valence-corrected chi connectivity index (χ3v) is 11.6. The van der Waals surface area contributed by atoms with Crippen LogP contribution in [0.1, 0.15) is 81.1 Å². The molecule has 142 valence electrons. The summed E-state index contributed by atoms with van der Waals surface area (Å²) in [5, 5.41) is 0. The van der Waals surface area contributed by atoms with Gasteiger partial charge in [-0.05, 0) is 41.8 Å². The fourth-order valence-corrected chi connectivity index (χ4v) is 9.61. The summed E-state index contributed by atoms with van der Waals surface area (Å²) in [5.41, 5.74) is 1.85. The van der Waals surface area contributed by atoms with E-state index in [9.17, 15) is 4.79 Å². The van der Waals surface area contributed by atoms with Crippen LogP contribution in [0, 0.1) is 11.8 Å². The van der Waals surface area contributed by atoms with E-state index in [-0.39, 0.29) is 5.92 Å². The molecule has 2 atom stereocenters. The number of hydrogen-bond donors (Lipinski definition) is 0. The van der Waals surface area contributed by atoms with Gasteiger partial charge in [-0.2, -0.15) is 0 Å². The maximum atomic E-state index is 12.2. The van der Waals surface area contributed by atoms with Gasteiger partial charge in [0.2, 0.25) is 0 Å². The van der Waals surface area contributed by atoms with E-state index in [0.717, 1.165) is 25.9 Å². The molecule has 0 bridgehead atoms. The van der Waals surface area contributed by atoms with E-state index in [1.807, 2.05) is 13.0 Å². The van der Waals surface area contributed by atoms with Crippen LogP contribution in [0.2, 0.25) is 16.6 Å². The van der Waals surface area contributed by atoms with Crippen molar-refractivity contribution < 1.29 is 9.22 Å². The topological polar surface area (TPSA) is 26.3 Å². The Morgan fingerprint density at radius 2 is 1.46 bits per heavy atom. The highest BCUT2D eigenvalue weighted by Gasteiger charge is 2.45. The van der Waals surface area contributed by atoms with Crippen LogP contribution in [-0.2, 0) is 9.22 Å². The molecule has 0 saturated carbocycles. The van der Waals surface area contributed by atoms with Crippen LogP contribution < -0.4 is 0 Å². The van der Waals surface area contributed by atoms with Gasteiger partial charge >= 0.3 is 0 Å². The molecule has 24 heavy (non-hydrogen) atoms. The van der Waals surface area contributed by atoms with Gasteiger partial charge in [-0.15, -0.1) is 6.58 Å². The second kappa shape index (κ2) is 11.3. The van der Waals surface area contributed by atoms with Gasteiger partial charge in [0.1, 0.15) is 5.78 Å². The molecule has 0 amide bonds. The summed E-state index contributed by atoms with van der Waals surface area (Å²) in [4.78, 5) is 12.2. The molecule has 0 radical (unpaired) electrons. The van der Waals surface area contributed by atoms with Crippen LogP contribution in [0.25, 0.3) is 0 Å². The molecule has 0 spiro atoms. The third-order valence-electron chi connectivity index (χ3n) is 5.56. The average molecular weight is 355 g/mol. The monoisotopic (exact) mass is 354 g/mol. The molecule has 3 heteroatoms. The Labute approximate surface area is 152 Å². The van der Waals surface area contributed by atoms with Crippen LogP contribution in [0.15, 0.2) is 12.7 Å². The highest BCUT2D eigenvalue weighted by atomic mass is 28.4. The minimum Gasteiger partial charge on any atom is -0.416 e. The summed E-state index contributed by atoms with van der Waals surface area (Å²) >= 11 is 0. The van der Waals surface area contributed by atoms with E-state index < -0.39 is 8.32 Å². The van der Waals surface area contributed by atoms with Crippen molar-refractivity contribution in [2.75, 3.05) is 6.61 Å². The number of ketones is 1. The molecule has 0 saturated heterocycles. The number of rotatable bonds is 13. The van der Waals surface area contributed by atoms with Gasteiger partial charge < -0.3 is 4.43 Å². The Morgan fingerprint density at radius 3 is 1.88 bits per heavy atom. The molecule has 0 aromatic heterocycles. The lowest BCUT2D eigenvalue weighted by atomic mass is 9.94. The first-order valence-corrected chi connectivity index (χ1v) is 12.0. The zero-order valence-corrected chi connectivity index (χ0v) is 18.5. The van der Waals surface area contributed by atoms with Crippen LogP contribution in [0.4, 0.5) is 0 Å². The molecule has 0 unspecified atom stereocenters. The zero-order valence-electron chi connectivity index (χ0n) is 17.5. The summed E-state index contributed by atoms with van der Waals surface area (Å²) in [6, 6.07) is 0. The largest absolute Gasteiger partial charge is 0.416 e. The Hall–Kier alpha value is -0.413. The van der Waals surface area contributed by atoms with E-state index in [2.05, 4.69) is 55.0 Å². The van der Waals surface area contributed by atoms with Crippen LogP contribution in [0.5, 0.6) is 0 Å². The van der Waals surface area contributed by atoms with E-state index in [4.69, 9.17) is 4.43 Å². The summed E-state index contributed by atoms with van der Waals surface area (Å²) in [5.74, 6) is 0.999. The molecule has 0 aliphatic heterocycles. The van der Waals surface area contributed by atoms with Crippen molar-refractivity contribution in [2.24, 2.45) is 11.8 Å². The standard InChI is InChI=1S/C21H42O2Si/c1-10-11-12-20(9)21(22)14-13-19(8)15-23-24(16(2)3,17(4)5)18(6)7/h10,16-20H,1,11-15H2,2-9H3/t19-,20-/m0/s1. The van der Waals surface area contributed by atoms with Crippen molar-refractivity contribution >= 4 is 14.1 Å². The van der Waals surface area contributed by atoms with Crippen molar-refractivity contribution in [1.29, 1.82) is 0 Å². The first-order valence-electron chi connectivity index (χ1n) is 9.87.